The molecule has 6 nitrogen and oxygen atoms in total. The lowest BCUT2D eigenvalue weighted by Crippen LogP contribution is -2.53. The van der Waals surface area contributed by atoms with Gasteiger partial charge in [-0.3, -0.25) is 0 Å². The van der Waals surface area contributed by atoms with Gasteiger partial charge in [0.05, 0.1) is 18.3 Å². The van der Waals surface area contributed by atoms with E-state index in [9.17, 15) is 14.7 Å². The Morgan fingerprint density at radius 3 is 2.35 bits per heavy atom. The van der Waals surface area contributed by atoms with Crippen LogP contribution in [0.1, 0.15) is 71.2 Å². The van der Waals surface area contributed by atoms with Gasteiger partial charge < -0.3 is 19.3 Å². The molecule has 3 rings (SSSR count). The minimum absolute atomic E-state index is 0.0558. The number of benzene rings is 1. The van der Waals surface area contributed by atoms with Crippen LogP contribution in [-0.2, 0) is 14.3 Å². The van der Waals surface area contributed by atoms with Crippen molar-refractivity contribution in [3.05, 3.63) is 53.1 Å². The van der Waals surface area contributed by atoms with Gasteiger partial charge >= 0.3 is 11.9 Å². The maximum atomic E-state index is 13.1. The number of aliphatic hydroxyl groups is 1. The molecule has 0 aliphatic heterocycles. The summed E-state index contributed by atoms with van der Waals surface area (Å²) in [6.45, 7) is 11.5. The van der Waals surface area contributed by atoms with Crippen LogP contribution in [0.25, 0.3) is 0 Å². The van der Waals surface area contributed by atoms with Crippen LogP contribution in [0.3, 0.4) is 0 Å². The standard InChI is InChI=1S/C28H38O6/c1-8-19(5)25(29)33-22-15-18(4)16-23(27(6)13-14-28(31,17(2)3)24(22)27)34-26(30)20-9-11-21(32-7)12-10-20/h8-12,16-17,22-24,31H,13-15H2,1-7H3. The number of hydrogen-bond donors (Lipinski definition) is 1. The summed E-state index contributed by atoms with van der Waals surface area (Å²) in [5.74, 6) is -0.602. The SMILES string of the molecule is CC=C(C)C(=O)OC1CC(C)=CC(OC(=O)c2ccc(OC)cc2)C2(C)CCC(O)(C(C)C)C12. The Morgan fingerprint density at radius 1 is 1.15 bits per heavy atom. The van der Waals surface area contributed by atoms with Crippen LogP contribution in [0.5, 0.6) is 5.75 Å². The summed E-state index contributed by atoms with van der Waals surface area (Å²) in [6.07, 6.45) is 4.28. The van der Waals surface area contributed by atoms with Crippen molar-refractivity contribution < 1.29 is 28.9 Å². The Bertz CT molecular complexity index is 975. The van der Waals surface area contributed by atoms with Gasteiger partial charge in [0, 0.05) is 23.3 Å². The first-order valence-electron chi connectivity index (χ1n) is 12.0. The van der Waals surface area contributed by atoms with E-state index in [2.05, 4.69) is 0 Å². The van der Waals surface area contributed by atoms with Gasteiger partial charge in [-0.25, -0.2) is 9.59 Å². The van der Waals surface area contributed by atoms with Crippen LogP contribution >= 0.6 is 0 Å². The molecule has 0 bridgehead atoms. The highest BCUT2D eigenvalue weighted by atomic mass is 16.6. The van der Waals surface area contributed by atoms with E-state index < -0.39 is 35.1 Å². The third-order valence-electron chi connectivity index (χ3n) is 7.87. The summed E-state index contributed by atoms with van der Waals surface area (Å²) >= 11 is 0. The Hall–Kier alpha value is -2.60. The highest BCUT2D eigenvalue weighted by molar-refractivity contribution is 5.90. The Kier molecular flexibility index (Phi) is 7.61. The average molecular weight is 471 g/mol. The van der Waals surface area contributed by atoms with Crippen molar-refractivity contribution in [3.8, 4) is 5.75 Å². The fraction of sp³-hybridized carbons (Fsp3) is 0.571. The first-order chi connectivity index (χ1) is 16.0. The molecule has 34 heavy (non-hydrogen) atoms. The zero-order valence-electron chi connectivity index (χ0n) is 21.4. The number of carbonyl (C=O) groups is 2. The normalized spacial score (nSPS) is 31.4. The van der Waals surface area contributed by atoms with Crippen molar-refractivity contribution in [3.63, 3.8) is 0 Å². The van der Waals surface area contributed by atoms with Crippen LogP contribution in [-0.4, -0.2) is 42.0 Å². The number of allylic oxidation sites excluding steroid dienone is 1. The van der Waals surface area contributed by atoms with Gasteiger partial charge in [0.2, 0.25) is 0 Å². The Balaban J connectivity index is 1.99. The largest absolute Gasteiger partial charge is 0.497 e. The summed E-state index contributed by atoms with van der Waals surface area (Å²) in [4.78, 5) is 25.8. The van der Waals surface area contributed by atoms with E-state index in [1.54, 1.807) is 51.3 Å². The molecule has 0 aromatic heterocycles. The number of rotatable bonds is 6. The average Bonchev–Trinajstić information content (AvgIpc) is 3.04. The number of fused-ring (bicyclic) bond motifs is 1. The smallest absolute Gasteiger partial charge is 0.338 e. The van der Waals surface area contributed by atoms with Gasteiger partial charge in [-0.2, -0.15) is 0 Å². The fourth-order valence-electron chi connectivity index (χ4n) is 5.55. The second-order valence-corrected chi connectivity index (χ2v) is 10.3. The van der Waals surface area contributed by atoms with Gasteiger partial charge in [-0.1, -0.05) is 32.4 Å². The lowest BCUT2D eigenvalue weighted by Gasteiger charge is -2.45. The zero-order valence-corrected chi connectivity index (χ0v) is 21.4. The predicted molar refractivity (Wildman–Crippen MR) is 131 cm³/mol. The predicted octanol–water partition coefficient (Wildman–Crippen LogP) is 5.25. The molecule has 1 N–H and O–H groups in total. The molecule has 1 aromatic rings. The summed E-state index contributed by atoms with van der Waals surface area (Å²) in [6, 6.07) is 6.80. The Labute approximate surface area is 203 Å². The van der Waals surface area contributed by atoms with Crippen LogP contribution in [0.2, 0.25) is 0 Å². The van der Waals surface area contributed by atoms with Crippen LogP contribution in [0, 0.1) is 17.3 Å². The Morgan fingerprint density at radius 2 is 1.79 bits per heavy atom. The molecule has 5 unspecified atom stereocenters. The van der Waals surface area contributed by atoms with E-state index in [0.29, 0.717) is 36.1 Å². The van der Waals surface area contributed by atoms with Crippen molar-refractivity contribution in [1.82, 2.24) is 0 Å². The van der Waals surface area contributed by atoms with E-state index in [0.717, 1.165) is 5.57 Å². The van der Waals surface area contributed by atoms with Crippen molar-refractivity contribution in [1.29, 1.82) is 0 Å². The molecule has 5 atom stereocenters. The van der Waals surface area contributed by atoms with Crippen molar-refractivity contribution >= 4 is 11.9 Å². The quantitative estimate of drug-likeness (QED) is 0.347. The van der Waals surface area contributed by atoms with Gasteiger partial charge in [0.15, 0.2) is 0 Å². The first kappa shape index (κ1) is 26.0. The molecule has 0 amide bonds. The van der Waals surface area contributed by atoms with Crippen LogP contribution in [0.15, 0.2) is 47.6 Å². The molecule has 0 heterocycles. The fourth-order valence-corrected chi connectivity index (χ4v) is 5.55. The summed E-state index contributed by atoms with van der Waals surface area (Å²) in [5, 5.41) is 11.9. The zero-order chi connectivity index (χ0) is 25.3. The number of methoxy groups -OCH3 is 1. The van der Waals surface area contributed by atoms with Gasteiger partial charge in [0.25, 0.3) is 0 Å². The number of carbonyl (C=O) groups excluding carboxylic acids is 2. The van der Waals surface area contributed by atoms with E-state index in [-0.39, 0.29) is 11.9 Å². The molecule has 2 aliphatic rings. The molecule has 186 valence electrons. The summed E-state index contributed by atoms with van der Waals surface area (Å²) in [7, 11) is 1.57. The van der Waals surface area contributed by atoms with E-state index in [1.165, 1.54) is 0 Å². The van der Waals surface area contributed by atoms with E-state index >= 15 is 0 Å². The minimum Gasteiger partial charge on any atom is -0.497 e. The van der Waals surface area contributed by atoms with E-state index in [1.807, 2.05) is 33.8 Å². The lowest BCUT2D eigenvalue weighted by molar-refractivity contribution is -0.166. The van der Waals surface area contributed by atoms with Crippen LogP contribution in [0.4, 0.5) is 0 Å². The van der Waals surface area contributed by atoms with E-state index in [4.69, 9.17) is 14.2 Å². The monoisotopic (exact) mass is 470 g/mol. The lowest BCUT2D eigenvalue weighted by atomic mass is 9.66. The molecular formula is C28H38O6. The topological polar surface area (TPSA) is 82.1 Å². The number of ether oxygens (including phenoxy) is 3. The third kappa shape index (κ3) is 4.78. The maximum Gasteiger partial charge on any atom is 0.338 e. The van der Waals surface area contributed by atoms with Crippen molar-refractivity contribution in [2.24, 2.45) is 17.3 Å². The molecule has 0 saturated heterocycles. The first-order valence-corrected chi connectivity index (χ1v) is 12.0. The van der Waals surface area contributed by atoms with Crippen molar-refractivity contribution in [2.45, 2.75) is 78.6 Å². The number of hydrogen-bond acceptors (Lipinski definition) is 6. The molecular weight excluding hydrogens is 432 g/mol. The highest BCUT2D eigenvalue weighted by Gasteiger charge is 2.63. The molecule has 1 fully saturated rings. The third-order valence-corrected chi connectivity index (χ3v) is 7.87. The van der Waals surface area contributed by atoms with Crippen LogP contribution < -0.4 is 4.74 Å². The molecule has 2 aliphatic carbocycles. The molecule has 0 spiro atoms. The second kappa shape index (κ2) is 9.95. The molecule has 1 aromatic carbocycles. The molecule has 6 heteroatoms. The highest BCUT2D eigenvalue weighted by Crippen LogP contribution is 2.58. The molecule has 1 saturated carbocycles. The van der Waals surface area contributed by atoms with Gasteiger partial charge in [-0.05, 0) is 69.9 Å². The summed E-state index contributed by atoms with van der Waals surface area (Å²) in [5.41, 5.74) is 0.270. The van der Waals surface area contributed by atoms with Crippen molar-refractivity contribution in [2.75, 3.05) is 7.11 Å². The summed E-state index contributed by atoms with van der Waals surface area (Å²) < 4.78 is 17.3. The maximum absolute atomic E-state index is 13.1. The van der Waals surface area contributed by atoms with Gasteiger partial charge in [0.1, 0.15) is 18.0 Å². The number of esters is 2. The van der Waals surface area contributed by atoms with Gasteiger partial charge in [-0.15, -0.1) is 0 Å². The molecule has 0 radical (unpaired) electrons. The minimum atomic E-state index is -1.05. The second-order valence-electron chi connectivity index (χ2n) is 10.3.